The van der Waals surface area contributed by atoms with Crippen molar-refractivity contribution in [1.82, 2.24) is 5.32 Å². The van der Waals surface area contributed by atoms with Crippen LogP contribution < -0.4 is 5.32 Å². The molecule has 2 heterocycles. The molecule has 14 unspecified atom stereocenters. The molecule has 0 bridgehead atoms. The topological polar surface area (TPSA) is 268 Å². The number of unbranched alkanes of at least 4 members (excludes halogenated alkanes) is 27. The third kappa shape index (κ3) is 25.2. The first-order valence-electron chi connectivity index (χ1n) is 27.0. The number of hydrogen-bond acceptors (Lipinski definition) is 15. The van der Waals surface area contributed by atoms with Crippen LogP contribution in [0, 0.1) is 0 Å². The van der Waals surface area contributed by atoms with Gasteiger partial charge >= 0.3 is 0 Å². The zero-order valence-electron chi connectivity index (χ0n) is 41.6. The highest BCUT2D eigenvalue weighted by Crippen LogP contribution is 2.31. The summed E-state index contributed by atoms with van der Waals surface area (Å²) in [4.78, 5) is 13.3. The average Bonchev–Trinajstić information content (AvgIpc) is 3.61. The van der Waals surface area contributed by atoms with Gasteiger partial charge in [-0.25, -0.2) is 0 Å². The first-order valence-corrected chi connectivity index (χ1v) is 27.0. The van der Waals surface area contributed by atoms with E-state index in [9.17, 15) is 55.9 Å². The van der Waals surface area contributed by atoms with E-state index >= 15 is 0 Å². The molecule has 0 aromatic heterocycles. The van der Waals surface area contributed by atoms with E-state index in [4.69, 9.17) is 18.9 Å². The summed E-state index contributed by atoms with van der Waals surface area (Å²) < 4.78 is 22.5. The summed E-state index contributed by atoms with van der Waals surface area (Å²) in [6.45, 7) is 2.37. The molecule has 2 aliphatic heterocycles. The number of aliphatic hydroxyl groups is 10. The predicted octanol–water partition coefficient (Wildman–Crippen LogP) is 5.33. The van der Waals surface area contributed by atoms with Gasteiger partial charge in [0, 0.05) is 0 Å². The highest BCUT2D eigenvalue weighted by Gasteiger charge is 2.52. The number of carbonyl (C=O) groups excluding carboxylic acids is 1. The van der Waals surface area contributed by atoms with Crippen LogP contribution in [0.3, 0.4) is 0 Å². The molecule has 67 heavy (non-hydrogen) atoms. The fourth-order valence-corrected chi connectivity index (χ4v) is 9.24. The second kappa shape index (κ2) is 38.6. The zero-order chi connectivity index (χ0) is 49.2. The van der Waals surface area contributed by atoms with E-state index in [1.807, 2.05) is 0 Å². The number of amides is 1. The first-order chi connectivity index (χ1) is 32.4. The van der Waals surface area contributed by atoms with Gasteiger partial charge in [0.2, 0.25) is 5.91 Å². The third-order valence-electron chi connectivity index (χ3n) is 13.7. The van der Waals surface area contributed by atoms with Crippen molar-refractivity contribution < 1.29 is 74.8 Å². The van der Waals surface area contributed by atoms with Gasteiger partial charge in [0.15, 0.2) is 12.6 Å². The van der Waals surface area contributed by atoms with E-state index in [1.165, 1.54) is 128 Å². The number of ether oxygens (including phenoxy) is 4. The number of carbonyl (C=O) groups is 1. The number of rotatable bonds is 43. The van der Waals surface area contributed by atoms with Crippen LogP contribution in [0.2, 0.25) is 0 Å². The summed E-state index contributed by atoms with van der Waals surface area (Å²) in [5.74, 6) is -0.762. The fourth-order valence-electron chi connectivity index (χ4n) is 9.24. The van der Waals surface area contributed by atoms with Gasteiger partial charge in [-0.1, -0.05) is 200 Å². The van der Waals surface area contributed by atoms with Gasteiger partial charge in [-0.3, -0.25) is 4.79 Å². The summed E-state index contributed by atoms with van der Waals surface area (Å²) in [5, 5.41) is 108. The molecule has 0 spiro atoms. The van der Waals surface area contributed by atoms with Gasteiger partial charge in [0.1, 0.15) is 61.0 Å². The number of hydrogen-bond donors (Lipinski definition) is 11. The lowest BCUT2D eigenvalue weighted by molar-refractivity contribution is -0.332. The number of nitrogens with one attached hydrogen (secondary N) is 1. The van der Waals surface area contributed by atoms with Crippen LogP contribution in [0.5, 0.6) is 0 Å². The van der Waals surface area contributed by atoms with Crippen LogP contribution in [0.4, 0.5) is 0 Å². The van der Waals surface area contributed by atoms with E-state index in [0.29, 0.717) is 12.8 Å². The van der Waals surface area contributed by atoms with Crippen molar-refractivity contribution in [3.05, 3.63) is 0 Å². The Morgan fingerprint density at radius 1 is 0.537 bits per heavy atom. The molecule has 16 nitrogen and oxygen atoms in total. The summed E-state index contributed by atoms with van der Waals surface area (Å²) >= 11 is 0. The maximum atomic E-state index is 13.3. The van der Waals surface area contributed by atoms with Crippen LogP contribution in [-0.2, 0) is 23.7 Å². The molecule has 398 valence electrons. The van der Waals surface area contributed by atoms with Crippen molar-refractivity contribution in [2.24, 2.45) is 0 Å². The van der Waals surface area contributed by atoms with Crippen molar-refractivity contribution in [1.29, 1.82) is 0 Å². The molecule has 0 saturated carbocycles. The van der Waals surface area contributed by atoms with E-state index in [0.717, 1.165) is 44.9 Å². The fraction of sp³-hybridized carbons (Fsp3) is 0.980. The quantitative estimate of drug-likeness (QED) is 0.0345. The monoisotopic (exact) mass is 966 g/mol. The highest BCUT2D eigenvalue weighted by atomic mass is 16.7. The Morgan fingerprint density at radius 3 is 1.40 bits per heavy atom. The SMILES string of the molecule is CCCCCCCCCCCCCCCCCCCCC(O)C(=O)NC(COC1OC(CO)C(O)C(OC2OC(C(O)CO)C(O)C2O)C1O)C(O)C(O)CCCCCCCCCCCCC. The minimum Gasteiger partial charge on any atom is -0.394 e. The van der Waals surface area contributed by atoms with Crippen molar-refractivity contribution >= 4 is 5.91 Å². The molecule has 0 aliphatic carbocycles. The van der Waals surface area contributed by atoms with Gasteiger partial charge in [0.25, 0.3) is 0 Å². The lowest BCUT2D eigenvalue weighted by atomic mass is 9.98. The van der Waals surface area contributed by atoms with Crippen molar-refractivity contribution in [3.8, 4) is 0 Å². The molecule has 2 aliphatic rings. The molecule has 0 aromatic rings. The molecular formula is C51H99NO15. The minimum absolute atomic E-state index is 0.203. The summed E-state index contributed by atoms with van der Waals surface area (Å²) in [6.07, 6.45) is 14.2. The van der Waals surface area contributed by atoms with E-state index in [1.54, 1.807) is 0 Å². The molecule has 2 saturated heterocycles. The Balaban J connectivity index is 1.89. The Bertz CT molecular complexity index is 1180. The third-order valence-corrected chi connectivity index (χ3v) is 13.7. The van der Waals surface area contributed by atoms with Crippen molar-refractivity contribution in [2.45, 2.75) is 299 Å². The molecule has 2 rings (SSSR count). The summed E-state index contributed by atoms with van der Waals surface area (Å²) in [6, 6.07) is -1.28. The van der Waals surface area contributed by atoms with E-state index in [2.05, 4.69) is 19.2 Å². The molecule has 2 fully saturated rings. The maximum Gasteiger partial charge on any atom is 0.249 e. The second-order valence-electron chi connectivity index (χ2n) is 19.7. The average molecular weight is 966 g/mol. The zero-order valence-corrected chi connectivity index (χ0v) is 41.6. The first kappa shape index (κ1) is 62.0. The molecule has 0 aromatic carbocycles. The van der Waals surface area contributed by atoms with Crippen molar-refractivity contribution in [2.75, 3.05) is 19.8 Å². The van der Waals surface area contributed by atoms with Gasteiger partial charge in [0.05, 0.1) is 32.0 Å². The van der Waals surface area contributed by atoms with E-state index in [-0.39, 0.29) is 12.8 Å². The van der Waals surface area contributed by atoms with Gasteiger partial charge in [-0.2, -0.15) is 0 Å². The molecule has 16 heteroatoms. The summed E-state index contributed by atoms with van der Waals surface area (Å²) in [5.41, 5.74) is 0. The smallest absolute Gasteiger partial charge is 0.249 e. The predicted molar refractivity (Wildman–Crippen MR) is 257 cm³/mol. The largest absolute Gasteiger partial charge is 0.394 e. The Labute approximate surface area is 403 Å². The molecule has 0 radical (unpaired) electrons. The van der Waals surface area contributed by atoms with Gasteiger partial charge < -0.3 is 75.3 Å². The van der Waals surface area contributed by atoms with Crippen LogP contribution in [0.25, 0.3) is 0 Å². The highest BCUT2D eigenvalue weighted by molar-refractivity contribution is 5.80. The van der Waals surface area contributed by atoms with Gasteiger partial charge in [-0.15, -0.1) is 0 Å². The van der Waals surface area contributed by atoms with Crippen LogP contribution in [0.1, 0.15) is 213 Å². The standard InChI is InChI=1S/C51H99NO15/c1-3-5-7-9-11-13-15-16-17-18-19-20-21-23-25-27-29-31-33-39(56)49(63)52-37(42(58)38(55)32-30-28-26-24-22-14-12-10-8-6-4-2)36-64-50-46(62)48(43(59)41(35-54)65-50)67-51-45(61)44(60)47(66-51)40(57)34-53/h37-48,50-51,53-62H,3-36H2,1-2H3,(H,52,63). The molecule has 14 atom stereocenters. The van der Waals surface area contributed by atoms with Crippen molar-refractivity contribution in [3.63, 3.8) is 0 Å². The number of aliphatic hydroxyl groups excluding tert-OH is 10. The lowest BCUT2D eigenvalue weighted by Crippen LogP contribution is -2.62. The van der Waals surface area contributed by atoms with Gasteiger partial charge in [-0.05, 0) is 12.8 Å². The minimum atomic E-state index is -1.82. The molecule has 11 N–H and O–H groups in total. The maximum absolute atomic E-state index is 13.3. The normalized spacial score (nSPS) is 26.7. The Hall–Kier alpha value is -1.09. The molecule has 1 amide bonds. The van der Waals surface area contributed by atoms with Crippen LogP contribution in [0.15, 0.2) is 0 Å². The second-order valence-corrected chi connectivity index (χ2v) is 19.7. The summed E-state index contributed by atoms with van der Waals surface area (Å²) in [7, 11) is 0. The lowest BCUT2D eigenvalue weighted by Gasteiger charge is -2.43. The van der Waals surface area contributed by atoms with Crippen LogP contribution in [-0.4, -0.2) is 163 Å². The molecular weight excluding hydrogens is 867 g/mol. The Morgan fingerprint density at radius 2 is 0.970 bits per heavy atom. The van der Waals surface area contributed by atoms with E-state index < -0.39 is 111 Å². The Kier molecular flexibility index (Phi) is 35.7. The van der Waals surface area contributed by atoms with Crippen LogP contribution >= 0.6 is 0 Å².